The molecule has 176 valence electrons. The minimum atomic E-state index is -0.286. The number of hydrogen-bond donors (Lipinski definition) is 0. The largest absolute Gasteiger partial charge is 0.354 e. The lowest BCUT2D eigenvalue weighted by atomic mass is 10.1. The lowest BCUT2D eigenvalue weighted by molar-refractivity contribution is -0.136. The Kier molecular flexibility index (Phi) is 7.59. The first kappa shape index (κ1) is 24.2. The van der Waals surface area contributed by atoms with Gasteiger partial charge in [-0.2, -0.15) is 5.10 Å². The number of carbonyl (C=O) groups excluding carboxylic acids is 1. The number of halogens is 1. The number of amides is 1. The highest BCUT2D eigenvalue weighted by Gasteiger charge is 2.29. The second-order valence-corrected chi connectivity index (χ2v) is 9.61. The number of hydrogen-bond acceptors (Lipinski definition) is 4. The minimum Gasteiger partial charge on any atom is -0.354 e. The smallest absolute Gasteiger partial charge is 0.225 e. The van der Waals surface area contributed by atoms with Crippen molar-refractivity contribution >= 4 is 11.7 Å². The minimum absolute atomic E-state index is 0.0750. The second kappa shape index (κ2) is 10.0. The van der Waals surface area contributed by atoms with Crippen LogP contribution in [-0.4, -0.2) is 63.8 Å². The third-order valence-electron chi connectivity index (χ3n) is 6.28. The summed E-state index contributed by atoms with van der Waals surface area (Å²) in [6.07, 6.45) is 0. The molecule has 1 aromatic carbocycles. The summed E-state index contributed by atoms with van der Waals surface area (Å²) in [5.41, 5.74) is 2.61. The third-order valence-corrected chi connectivity index (χ3v) is 6.28. The molecule has 0 atom stereocenters. The predicted octanol–water partition coefficient (Wildman–Crippen LogP) is 4.24. The van der Waals surface area contributed by atoms with Gasteiger partial charge in [0.25, 0.3) is 0 Å². The van der Waals surface area contributed by atoms with Gasteiger partial charge in [-0.05, 0) is 52.8 Å². The molecular formula is C25H38FN5O. The van der Waals surface area contributed by atoms with Crippen molar-refractivity contribution in [1.82, 2.24) is 19.6 Å². The van der Waals surface area contributed by atoms with Crippen LogP contribution in [0.15, 0.2) is 24.3 Å². The maximum Gasteiger partial charge on any atom is 0.225 e. The van der Waals surface area contributed by atoms with Crippen LogP contribution < -0.4 is 4.90 Å². The van der Waals surface area contributed by atoms with E-state index in [-0.39, 0.29) is 23.7 Å². The Labute approximate surface area is 192 Å². The van der Waals surface area contributed by atoms with Gasteiger partial charge >= 0.3 is 0 Å². The molecule has 0 saturated carbocycles. The van der Waals surface area contributed by atoms with Crippen molar-refractivity contribution < 1.29 is 9.18 Å². The number of piperazine rings is 1. The average molecular weight is 444 g/mol. The van der Waals surface area contributed by atoms with E-state index >= 15 is 0 Å². The van der Waals surface area contributed by atoms with E-state index in [0.29, 0.717) is 18.3 Å². The molecule has 1 amide bonds. The summed E-state index contributed by atoms with van der Waals surface area (Å²) in [6.45, 7) is 18.6. The van der Waals surface area contributed by atoms with E-state index in [2.05, 4.69) is 23.6 Å². The van der Waals surface area contributed by atoms with Crippen molar-refractivity contribution in [1.29, 1.82) is 0 Å². The van der Waals surface area contributed by atoms with Gasteiger partial charge in [0.1, 0.15) is 11.6 Å². The maximum absolute atomic E-state index is 14.1. The van der Waals surface area contributed by atoms with Gasteiger partial charge in [0.2, 0.25) is 5.91 Å². The molecular weight excluding hydrogens is 405 g/mol. The van der Waals surface area contributed by atoms with Crippen LogP contribution in [-0.2, 0) is 11.3 Å². The number of nitrogens with zero attached hydrogens (tertiary/aromatic N) is 5. The monoisotopic (exact) mass is 443 g/mol. The zero-order valence-corrected chi connectivity index (χ0v) is 20.6. The molecule has 6 nitrogen and oxygen atoms in total. The molecule has 32 heavy (non-hydrogen) atoms. The molecule has 1 fully saturated rings. The van der Waals surface area contributed by atoms with Crippen LogP contribution in [0.1, 0.15) is 52.8 Å². The maximum atomic E-state index is 14.1. The van der Waals surface area contributed by atoms with Crippen molar-refractivity contribution in [3.63, 3.8) is 0 Å². The summed E-state index contributed by atoms with van der Waals surface area (Å²) in [7, 11) is 0. The number of anilines is 1. The highest BCUT2D eigenvalue weighted by atomic mass is 19.1. The molecule has 0 spiro atoms. The molecule has 0 bridgehead atoms. The van der Waals surface area contributed by atoms with Gasteiger partial charge in [-0.15, -0.1) is 0 Å². The summed E-state index contributed by atoms with van der Waals surface area (Å²) >= 11 is 0. The first-order valence-electron chi connectivity index (χ1n) is 11.7. The number of aryl methyl sites for hydroxylation is 1. The standard InChI is InChI=1S/C25H38FN5O/c1-17(2)25(32)30(19(5)6)16-23-20(7)27-31(22-10-8-9-21(26)15-22)24(23)29-13-11-28(12-14-29)18(3)4/h8-10,15,17-19H,11-14,16H2,1-7H3. The molecule has 0 N–H and O–H groups in total. The summed E-state index contributed by atoms with van der Waals surface area (Å²) in [5, 5.41) is 4.82. The van der Waals surface area contributed by atoms with E-state index in [1.165, 1.54) is 12.1 Å². The van der Waals surface area contributed by atoms with Gasteiger partial charge in [0.15, 0.2) is 0 Å². The first-order chi connectivity index (χ1) is 15.1. The van der Waals surface area contributed by atoms with E-state index in [0.717, 1.165) is 43.3 Å². The number of benzene rings is 1. The Morgan fingerprint density at radius 3 is 2.28 bits per heavy atom. The van der Waals surface area contributed by atoms with Gasteiger partial charge in [0, 0.05) is 49.7 Å². The van der Waals surface area contributed by atoms with Gasteiger partial charge in [-0.3, -0.25) is 9.69 Å². The SMILES string of the molecule is Cc1nn(-c2cccc(F)c2)c(N2CCN(C(C)C)CC2)c1CN(C(=O)C(C)C)C(C)C. The topological polar surface area (TPSA) is 44.6 Å². The molecule has 2 aromatic rings. The Morgan fingerprint density at radius 2 is 1.75 bits per heavy atom. The summed E-state index contributed by atoms with van der Waals surface area (Å²) < 4.78 is 15.9. The Hall–Kier alpha value is -2.41. The summed E-state index contributed by atoms with van der Waals surface area (Å²) in [4.78, 5) is 19.7. The zero-order valence-electron chi connectivity index (χ0n) is 20.6. The normalized spacial score (nSPS) is 15.3. The fraction of sp³-hybridized carbons (Fsp3) is 0.600. The van der Waals surface area contributed by atoms with Crippen molar-refractivity contribution in [2.24, 2.45) is 5.92 Å². The van der Waals surface area contributed by atoms with Crippen LogP contribution in [0, 0.1) is 18.7 Å². The summed E-state index contributed by atoms with van der Waals surface area (Å²) in [6, 6.07) is 7.14. The van der Waals surface area contributed by atoms with E-state index in [1.54, 1.807) is 6.07 Å². The van der Waals surface area contributed by atoms with Crippen LogP contribution in [0.4, 0.5) is 10.2 Å². The molecule has 1 aliphatic heterocycles. The number of carbonyl (C=O) groups is 1. The Balaban J connectivity index is 2.06. The zero-order chi connectivity index (χ0) is 23.6. The predicted molar refractivity (Wildman–Crippen MR) is 128 cm³/mol. The number of aromatic nitrogens is 2. The molecule has 1 aliphatic rings. The van der Waals surface area contributed by atoms with Gasteiger partial charge in [-0.25, -0.2) is 9.07 Å². The lowest BCUT2D eigenvalue weighted by Crippen LogP contribution is -2.49. The van der Waals surface area contributed by atoms with Gasteiger partial charge < -0.3 is 9.80 Å². The fourth-order valence-electron chi connectivity index (χ4n) is 4.31. The van der Waals surface area contributed by atoms with Crippen LogP contribution in [0.25, 0.3) is 5.69 Å². The second-order valence-electron chi connectivity index (χ2n) is 9.61. The molecule has 1 aromatic heterocycles. The van der Waals surface area contributed by atoms with Crippen LogP contribution >= 0.6 is 0 Å². The summed E-state index contributed by atoms with van der Waals surface area (Å²) in [5.74, 6) is 0.743. The number of rotatable bonds is 7. The van der Waals surface area contributed by atoms with Crippen LogP contribution in [0.3, 0.4) is 0 Å². The third kappa shape index (κ3) is 5.14. The van der Waals surface area contributed by atoms with Crippen LogP contribution in [0.5, 0.6) is 0 Å². The van der Waals surface area contributed by atoms with E-state index in [1.807, 2.05) is 50.3 Å². The van der Waals surface area contributed by atoms with E-state index in [9.17, 15) is 9.18 Å². The highest BCUT2D eigenvalue weighted by molar-refractivity contribution is 5.78. The molecule has 0 aliphatic carbocycles. The molecule has 2 heterocycles. The molecule has 1 saturated heterocycles. The van der Waals surface area contributed by atoms with Crippen molar-refractivity contribution in [3.8, 4) is 5.69 Å². The van der Waals surface area contributed by atoms with Gasteiger partial charge in [-0.1, -0.05) is 19.9 Å². The average Bonchev–Trinajstić information content (AvgIpc) is 3.07. The van der Waals surface area contributed by atoms with E-state index in [4.69, 9.17) is 5.10 Å². The van der Waals surface area contributed by atoms with Crippen molar-refractivity contribution in [3.05, 3.63) is 41.3 Å². The Morgan fingerprint density at radius 1 is 1.09 bits per heavy atom. The quantitative estimate of drug-likeness (QED) is 0.642. The van der Waals surface area contributed by atoms with Gasteiger partial charge in [0.05, 0.1) is 17.9 Å². The van der Waals surface area contributed by atoms with Crippen molar-refractivity contribution in [2.45, 2.75) is 67.1 Å². The first-order valence-corrected chi connectivity index (χ1v) is 11.7. The fourth-order valence-corrected chi connectivity index (χ4v) is 4.31. The molecule has 3 rings (SSSR count). The molecule has 0 unspecified atom stereocenters. The van der Waals surface area contributed by atoms with Crippen molar-refractivity contribution in [2.75, 3.05) is 31.1 Å². The lowest BCUT2D eigenvalue weighted by Gasteiger charge is -2.39. The molecule has 7 heteroatoms. The Bertz CT molecular complexity index is 928. The highest BCUT2D eigenvalue weighted by Crippen LogP contribution is 2.31. The van der Waals surface area contributed by atoms with Crippen LogP contribution in [0.2, 0.25) is 0 Å². The molecule has 0 radical (unpaired) electrons. The van der Waals surface area contributed by atoms with E-state index < -0.39 is 0 Å².